The lowest BCUT2D eigenvalue weighted by molar-refractivity contribution is -0.115. The van der Waals surface area contributed by atoms with E-state index >= 15 is 0 Å². The summed E-state index contributed by atoms with van der Waals surface area (Å²) in [6.07, 6.45) is 5.64. The van der Waals surface area contributed by atoms with Gasteiger partial charge in [0.15, 0.2) is 0 Å². The van der Waals surface area contributed by atoms with Crippen molar-refractivity contribution in [2.45, 2.75) is 13.0 Å². The second-order valence-corrected chi connectivity index (χ2v) is 5.72. The fourth-order valence-corrected chi connectivity index (χ4v) is 2.50. The Bertz CT molecular complexity index is 830. The number of anilines is 1. The number of benzene rings is 2. The molecule has 26 heavy (non-hydrogen) atoms. The highest BCUT2D eigenvalue weighted by Gasteiger charge is 2.09. The van der Waals surface area contributed by atoms with Crippen LogP contribution in [0, 0.1) is 0 Å². The molecule has 134 valence electrons. The maximum Gasteiger partial charge on any atom is 0.228 e. The van der Waals surface area contributed by atoms with Crippen molar-refractivity contribution in [1.29, 1.82) is 0 Å². The van der Waals surface area contributed by atoms with E-state index in [1.54, 1.807) is 19.6 Å². The largest absolute Gasteiger partial charge is 0.497 e. The number of carbonyl (C=O) groups excluding carboxylic acids is 1. The van der Waals surface area contributed by atoms with E-state index in [1.165, 1.54) is 0 Å². The molecule has 1 aromatic heterocycles. The first-order valence-electron chi connectivity index (χ1n) is 8.35. The quantitative estimate of drug-likeness (QED) is 0.677. The van der Waals surface area contributed by atoms with Crippen LogP contribution in [0.4, 0.5) is 5.69 Å². The molecule has 6 heteroatoms. The molecule has 0 bridgehead atoms. The number of imidazole rings is 1. The Morgan fingerprint density at radius 1 is 1.15 bits per heavy atom. The number of aromatic nitrogens is 2. The average molecular weight is 351 g/mol. The van der Waals surface area contributed by atoms with Crippen LogP contribution in [0.2, 0.25) is 0 Å². The predicted molar refractivity (Wildman–Crippen MR) is 99.5 cm³/mol. The summed E-state index contributed by atoms with van der Waals surface area (Å²) in [5.74, 6) is 1.32. The number of amides is 1. The highest BCUT2D eigenvalue weighted by molar-refractivity contribution is 5.93. The van der Waals surface area contributed by atoms with Crippen molar-refractivity contribution in [1.82, 2.24) is 9.55 Å². The first-order chi connectivity index (χ1) is 12.7. The summed E-state index contributed by atoms with van der Waals surface area (Å²) in [6.45, 7) is 1.18. The first kappa shape index (κ1) is 17.5. The van der Waals surface area contributed by atoms with E-state index in [-0.39, 0.29) is 12.3 Å². The summed E-state index contributed by atoms with van der Waals surface area (Å²) < 4.78 is 12.9. The van der Waals surface area contributed by atoms with Crippen LogP contribution >= 0.6 is 0 Å². The molecule has 3 rings (SSSR count). The van der Waals surface area contributed by atoms with Crippen molar-refractivity contribution < 1.29 is 14.3 Å². The van der Waals surface area contributed by atoms with Crippen LogP contribution in [0.25, 0.3) is 0 Å². The Morgan fingerprint density at radius 2 is 1.96 bits per heavy atom. The molecule has 0 saturated heterocycles. The van der Waals surface area contributed by atoms with Gasteiger partial charge in [-0.3, -0.25) is 4.79 Å². The molecule has 3 aromatic rings. The zero-order chi connectivity index (χ0) is 18.2. The number of nitrogens with zero attached hydrogens (tertiary/aromatic N) is 2. The monoisotopic (exact) mass is 351 g/mol. The zero-order valence-electron chi connectivity index (χ0n) is 14.6. The number of carbonyl (C=O) groups is 1. The predicted octanol–water partition coefficient (Wildman–Crippen LogP) is 3.15. The third-order valence-corrected chi connectivity index (χ3v) is 3.85. The van der Waals surface area contributed by atoms with Crippen LogP contribution in [-0.2, 0) is 17.8 Å². The minimum Gasteiger partial charge on any atom is -0.497 e. The molecule has 0 aliphatic rings. The van der Waals surface area contributed by atoms with Gasteiger partial charge in [0.2, 0.25) is 5.91 Å². The van der Waals surface area contributed by atoms with Gasteiger partial charge in [-0.25, -0.2) is 4.98 Å². The lowest BCUT2D eigenvalue weighted by atomic mass is 10.1. The van der Waals surface area contributed by atoms with Crippen molar-refractivity contribution in [2.24, 2.45) is 0 Å². The number of ether oxygens (including phenoxy) is 2. The highest BCUT2D eigenvalue weighted by atomic mass is 16.5. The normalized spacial score (nSPS) is 10.3. The van der Waals surface area contributed by atoms with Gasteiger partial charge >= 0.3 is 0 Å². The molecule has 0 fully saturated rings. The Labute approximate surface area is 152 Å². The van der Waals surface area contributed by atoms with E-state index in [1.807, 2.05) is 59.3 Å². The molecule has 6 nitrogen and oxygen atoms in total. The third-order valence-electron chi connectivity index (χ3n) is 3.85. The van der Waals surface area contributed by atoms with Crippen molar-refractivity contribution >= 4 is 11.6 Å². The first-order valence-corrected chi connectivity index (χ1v) is 8.35. The van der Waals surface area contributed by atoms with Crippen LogP contribution in [0.3, 0.4) is 0 Å². The molecular formula is C20H21N3O3. The summed E-state index contributed by atoms with van der Waals surface area (Å²) in [5, 5.41) is 2.92. The fraction of sp³-hybridized carbons (Fsp3) is 0.200. The Hall–Kier alpha value is -3.28. The summed E-state index contributed by atoms with van der Waals surface area (Å²) >= 11 is 0. The molecule has 1 N–H and O–H groups in total. The molecule has 0 saturated carbocycles. The van der Waals surface area contributed by atoms with Gasteiger partial charge in [0.1, 0.15) is 18.1 Å². The minimum absolute atomic E-state index is 0.0965. The molecule has 0 spiro atoms. The van der Waals surface area contributed by atoms with Crippen LogP contribution in [0.15, 0.2) is 67.3 Å². The summed E-state index contributed by atoms with van der Waals surface area (Å²) in [6, 6.07) is 14.9. The molecule has 1 heterocycles. The highest BCUT2D eigenvalue weighted by Crippen LogP contribution is 2.24. The van der Waals surface area contributed by atoms with Gasteiger partial charge in [-0.1, -0.05) is 24.3 Å². The van der Waals surface area contributed by atoms with E-state index in [0.717, 1.165) is 11.3 Å². The van der Waals surface area contributed by atoms with Crippen molar-refractivity contribution in [2.75, 3.05) is 19.0 Å². The molecular weight excluding hydrogens is 330 g/mol. The average Bonchev–Trinajstić information content (AvgIpc) is 3.17. The van der Waals surface area contributed by atoms with Crippen LogP contribution in [0.1, 0.15) is 5.56 Å². The molecule has 1 amide bonds. The smallest absolute Gasteiger partial charge is 0.228 e. The van der Waals surface area contributed by atoms with Crippen LogP contribution in [-0.4, -0.2) is 29.2 Å². The topological polar surface area (TPSA) is 65.4 Å². The number of nitrogens with one attached hydrogen (secondary N) is 1. The number of methoxy groups -OCH3 is 1. The van der Waals surface area contributed by atoms with Gasteiger partial charge in [0, 0.05) is 12.4 Å². The lowest BCUT2D eigenvalue weighted by Gasteiger charge is -2.13. The van der Waals surface area contributed by atoms with Crippen LogP contribution < -0.4 is 14.8 Å². The molecule has 0 unspecified atom stereocenters. The molecule has 0 aliphatic heterocycles. The van der Waals surface area contributed by atoms with Crippen LogP contribution in [0.5, 0.6) is 11.5 Å². The maximum absolute atomic E-state index is 12.3. The van der Waals surface area contributed by atoms with E-state index in [2.05, 4.69) is 10.3 Å². The summed E-state index contributed by atoms with van der Waals surface area (Å²) in [5.41, 5.74) is 1.58. The maximum atomic E-state index is 12.3. The second kappa shape index (κ2) is 8.71. The van der Waals surface area contributed by atoms with Gasteiger partial charge in [0.05, 0.1) is 32.1 Å². The third kappa shape index (κ3) is 4.86. The van der Waals surface area contributed by atoms with E-state index in [0.29, 0.717) is 24.6 Å². The van der Waals surface area contributed by atoms with Gasteiger partial charge in [-0.05, 0) is 29.8 Å². The molecule has 0 radical (unpaired) electrons. The van der Waals surface area contributed by atoms with E-state index in [9.17, 15) is 4.79 Å². The Balaban J connectivity index is 1.57. The second-order valence-electron chi connectivity index (χ2n) is 5.72. The van der Waals surface area contributed by atoms with Gasteiger partial charge < -0.3 is 19.4 Å². The fourth-order valence-electron chi connectivity index (χ4n) is 2.50. The Morgan fingerprint density at radius 3 is 2.69 bits per heavy atom. The van der Waals surface area contributed by atoms with Crippen molar-refractivity contribution in [3.63, 3.8) is 0 Å². The van der Waals surface area contributed by atoms with Crippen molar-refractivity contribution in [3.05, 3.63) is 72.8 Å². The van der Waals surface area contributed by atoms with Crippen molar-refractivity contribution in [3.8, 4) is 11.5 Å². The summed E-state index contributed by atoms with van der Waals surface area (Å²) in [4.78, 5) is 16.3. The number of rotatable bonds is 8. The standard InChI is InChI=1S/C20H21N3O3/c1-25-17-8-6-16(7-9-17)14-20(24)22-18-4-2-3-5-19(18)26-13-12-23-11-10-21-15-23/h2-11,15H,12-14H2,1H3,(H,22,24). The zero-order valence-corrected chi connectivity index (χ0v) is 14.6. The minimum atomic E-state index is -0.0965. The summed E-state index contributed by atoms with van der Waals surface area (Å²) in [7, 11) is 1.62. The molecule has 2 aromatic carbocycles. The van der Waals surface area contributed by atoms with E-state index < -0.39 is 0 Å². The number of para-hydroxylation sites is 2. The van der Waals surface area contributed by atoms with Gasteiger partial charge in [-0.2, -0.15) is 0 Å². The van der Waals surface area contributed by atoms with Gasteiger partial charge in [0.25, 0.3) is 0 Å². The molecule has 0 atom stereocenters. The number of hydrogen-bond acceptors (Lipinski definition) is 4. The lowest BCUT2D eigenvalue weighted by Crippen LogP contribution is -2.15. The molecule has 0 aliphatic carbocycles. The SMILES string of the molecule is COc1ccc(CC(=O)Nc2ccccc2OCCn2ccnc2)cc1. The van der Waals surface area contributed by atoms with Gasteiger partial charge in [-0.15, -0.1) is 0 Å². The Kier molecular flexibility index (Phi) is 5.88. The van der Waals surface area contributed by atoms with E-state index in [4.69, 9.17) is 9.47 Å². The number of hydrogen-bond donors (Lipinski definition) is 1.